The number of halogens is 2. The van der Waals surface area contributed by atoms with Crippen LogP contribution in [0, 0.1) is 17.3 Å². The van der Waals surface area contributed by atoms with Crippen LogP contribution in [0.5, 0.6) is 0 Å². The molecule has 0 amide bonds. The Morgan fingerprint density at radius 2 is 1.68 bits per heavy atom. The molecular weight excluding hydrogens is 470 g/mol. The number of hydrogen-bond donors (Lipinski definition) is 1. The van der Waals surface area contributed by atoms with E-state index in [4.69, 9.17) is 14.0 Å². The third-order valence-corrected chi connectivity index (χ3v) is 8.31. The summed E-state index contributed by atoms with van der Waals surface area (Å²) in [6.45, 7) is 0.0500. The van der Waals surface area contributed by atoms with Crippen LogP contribution in [0.3, 0.4) is 0 Å². The SMILES string of the molecule is O=C(OCc1ccc2ccccc2c1)C12CC3CC(CC(OC(=O)C(F)(F)S(=O)(=O)O)(C3)C1)C2. The largest absolute Gasteiger partial charge is 0.465 e. The Bertz CT molecular complexity index is 1260. The number of carbonyl (C=O) groups excluding carboxylic acids is 2. The molecule has 10 heteroatoms. The number of rotatable bonds is 6. The van der Waals surface area contributed by atoms with E-state index >= 15 is 0 Å². The molecular formula is C24H24F2O7S. The zero-order chi connectivity index (χ0) is 24.4. The summed E-state index contributed by atoms with van der Waals surface area (Å²) in [5.41, 5.74) is -1.54. The molecule has 182 valence electrons. The van der Waals surface area contributed by atoms with Gasteiger partial charge in [-0.1, -0.05) is 36.4 Å². The van der Waals surface area contributed by atoms with E-state index < -0.39 is 38.3 Å². The molecule has 4 fully saturated rings. The fraction of sp³-hybridized carbons (Fsp3) is 0.500. The van der Waals surface area contributed by atoms with Gasteiger partial charge in [0, 0.05) is 6.42 Å². The van der Waals surface area contributed by atoms with Gasteiger partial charge in [0.2, 0.25) is 0 Å². The molecule has 4 saturated carbocycles. The molecule has 34 heavy (non-hydrogen) atoms. The van der Waals surface area contributed by atoms with Gasteiger partial charge in [-0.2, -0.15) is 17.2 Å². The molecule has 4 aliphatic rings. The van der Waals surface area contributed by atoms with Crippen molar-refractivity contribution in [3.63, 3.8) is 0 Å². The predicted molar refractivity (Wildman–Crippen MR) is 116 cm³/mol. The van der Waals surface area contributed by atoms with Crippen molar-refractivity contribution in [3.05, 3.63) is 48.0 Å². The number of alkyl halides is 2. The van der Waals surface area contributed by atoms with Crippen molar-refractivity contribution in [1.82, 2.24) is 0 Å². The standard InChI is InChI=1S/C24H24F2O7S/c25-24(26,34(29,30)31)21(28)33-23-11-16-7-17(12-23)10-22(9-16,14-23)20(27)32-13-15-5-6-18-3-1-2-4-19(18)8-15/h1-6,8,16-17H,7,9-14H2,(H,29,30,31). The summed E-state index contributed by atoms with van der Waals surface area (Å²) in [5.74, 6) is -2.82. The third-order valence-electron chi connectivity index (χ3n) is 7.50. The smallest absolute Gasteiger partial charge is 0.460 e. The molecule has 7 nitrogen and oxygen atoms in total. The van der Waals surface area contributed by atoms with E-state index in [1.807, 2.05) is 42.5 Å². The van der Waals surface area contributed by atoms with E-state index in [1.165, 1.54) is 0 Å². The molecule has 4 aliphatic carbocycles. The van der Waals surface area contributed by atoms with Gasteiger partial charge in [0.1, 0.15) is 12.2 Å². The van der Waals surface area contributed by atoms with E-state index in [2.05, 4.69) is 0 Å². The lowest BCUT2D eigenvalue weighted by atomic mass is 9.48. The normalized spacial score (nSPS) is 30.3. The van der Waals surface area contributed by atoms with Crippen LogP contribution < -0.4 is 0 Å². The molecule has 1 N–H and O–H groups in total. The number of fused-ring (bicyclic) bond motifs is 1. The first kappa shape index (κ1) is 23.2. The minimum absolute atomic E-state index is 0.00313. The highest BCUT2D eigenvalue weighted by atomic mass is 32.2. The molecule has 0 saturated heterocycles. The fourth-order valence-electron chi connectivity index (χ4n) is 6.53. The van der Waals surface area contributed by atoms with E-state index in [0.29, 0.717) is 12.8 Å². The van der Waals surface area contributed by atoms with Gasteiger partial charge in [0.15, 0.2) is 0 Å². The monoisotopic (exact) mass is 494 g/mol. The molecule has 0 aromatic heterocycles. The first-order chi connectivity index (χ1) is 15.9. The fourth-order valence-corrected chi connectivity index (χ4v) is 6.78. The van der Waals surface area contributed by atoms with Crippen LogP contribution in [0.4, 0.5) is 8.78 Å². The lowest BCUT2D eigenvalue weighted by molar-refractivity contribution is -0.221. The highest BCUT2D eigenvalue weighted by Gasteiger charge is 2.65. The van der Waals surface area contributed by atoms with Gasteiger partial charge >= 0.3 is 27.3 Å². The summed E-state index contributed by atoms with van der Waals surface area (Å²) in [6.07, 6.45) is 2.35. The Kier molecular flexibility index (Phi) is 5.25. The van der Waals surface area contributed by atoms with E-state index in [1.54, 1.807) is 0 Å². The van der Waals surface area contributed by atoms with Gasteiger partial charge < -0.3 is 9.47 Å². The molecule has 2 aromatic carbocycles. The molecule has 0 radical (unpaired) electrons. The summed E-state index contributed by atoms with van der Waals surface area (Å²) in [7, 11) is -5.97. The van der Waals surface area contributed by atoms with Crippen LogP contribution >= 0.6 is 0 Å². The van der Waals surface area contributed by atoms with Gasteiger partial charge in [-0.05, 0) is 66.3 Å². The maximum absolute atomic E-state index is 13.9. The second-order valence-electron chi connectivity index (χ2n) is 10.1. The third kappa shape index (κ3) is 3.86. The van der Waals surface area contributed by atoms with Gasteiger partial charge in [-0.3, -0.25) is 9.35 Å². The van der Waals surface area contributed by atoms with Crippen molar-refractivity contribution >= 4 is 32.8 Å². The summed E-state index contributed by atoms with van der Waals surface area (Å²) in [4.78, 5) is 25.3. The van der Waals surface area contributed by atoms with Crippen molar-refractivity contribution in [3.8, 4) is 0 Å². The van der Waals surface area contributed by atoms with Crippen molar-refractivity contribution in [2.75, 3.05) is 0 Å². The van der Waals surface area contributed by atoms with E-state index in [0.717, 1.165) is 22.8 Å². The van der Waals surface area contributed by atoms with E-state index in [-0.39, 0.29) is 37.7 Å². The van der Waals surface area contributed by atoms with Crippen LogP contribution in [0.25, 0.3) is 10.8 Å². The number of carbonyl (C=O) groups is 2. The Morgan fingerprint density at radius 1 is 1.03 bits per heavy atom. The summed E-state index contributed by atoms with van der Waals surface area (Å²) < 4.78 is 69.2. The first-order valence-corrected chi connectivity index (χ1v) is 12.6. The zero-order valence-electron chi connectivity index (χ0n) is 18.2. The van der Waals surface area contributed by atoms with Gasteiger partial charge in [-0.15, -0.1) is 0 Å². The van der Waals surface area contributed by atoms with Crippen molar-refractivity contribution in [2.24, 2.45) is 17.3 Å². The molecule has 0 heterocycles. The second kappa shape index (κ2) is 7.71. The van der Waals surface area contributed by atoms with Crippen LogP contribution in [0.1, 0.15) is 44.1 Å². The molecule has 0 spiro atoms. The van der Waals surface area contributed by atoms with Gasteiger partial charge in [-0.25, -0.2) is 4.79 Å². The molecule has 2 aromatic rings. The maximum Gasteiger partial charge on any atom is 0.465 e. The minimum Gasteiger partial charge on any atom is -0.460 e. The van der Waals surface area contributed by atoms with Gasteiger partial charge in [0.05, 0.1) is 5.41 Å². The molecule has 4 bridgehead atoms. The van der Waals surface area contributed by atoms with Crippen molar-refractivity contribution in [2.45, 2.75) is 56.0 Å². The lowest BCUT2D eigenvalue weighted by Gasteiger charge is -2.59. The van der Waals surface area contributed by atoms with Crippen molar-refractivity contribution < 1.29 is 40.8 Å². The Labute approximate surface area is 195 Å². The highest BCUT2D eigenvalue weighted by Crippen LogP contribution is 2.63. The number of esters is 2. The Balaban J connectivity index is 1.33. The topological polar surface area (TPSA) is 107 Å². The quantitative estimate of drug-likeness (QED) is 0.473. The Morgan fingerprint density at radius 3 is 2.32 bits per heavy atom. The highest BCUT2D eigenvalue weighted by molar-refractivity contribution is 7.87. The number of ether oxygens (including phenoxy) is 2. The van der Waals surface area contributed by atoms with Gasteiger partial charge in [0.25, 0.3) is 0 Å². The minimum atomic E-state index is -5.97. The summed E-state index contributed by atoms with van der Waals surface area (Å²) in [6, 6.07) is 13.5. The lowest BCUT2D eigenvalue weighted by Crippen LogP contribution is -2.61. The summed E-state index contributed by atoms with van der Waals surface area (Å²) in [5, 5.41) is -3.00. The van der Waals surface area contributed by atoms with E-state index in [9.17, 15) is 26.8 Å². The Hall–Kier alpha value is -2.59. The summed E-state index contributed by atoms with van der Waals surface area (Å²) >= 11 is 0. The van der Waals surface area contributed by atoms with Crippen LogP contribution in [-0.4, -0.2) is 35.8 Å². The average Bonchev–Trinajstić information content (AvgIpc) is 2.75. The zero-order valence-corrected chi connectivity index (χ0v) is 19.0. The maximum atomic E-state index is 13.9. The second-order valence-corrected chi connectivity index (χ2v) is 11.5. The molecule has 6 rings (SSSR count). The first-order valence-electron chi connectivity index (χ1n) is 11.1. The number of hydrogen-bond acceptors (Lipinski definition) is 6. The van der Waals surface area contributed by atoms with Crippen LogP contribution in [-0.2, 0) is 35.8 Å². The molecule has 2 atom stereocenters. The average molecular weight is 495 g/mol. The van der Waals surface area contributed by atoms with Crippen molar-refractivity contribution in [1.29, 1.82) is 0 Å². The molecule has 2 unspecified atom stereocenters. The predicted octanol–water partition coefficient (Wildman–Crippen LogP) is 4.25. The van der Waals surface area contributed by atoms with Crippen LogP contribution in [0.15, 0.2) is 42.5 Å². The van der Waals surface area contributed by atoms with Crippen LogP contribution in [0.2, 0.25) is 0 Å². The number of benzene rings is 2. The molecule has 0 aliphatic heterocycles.